The van der Waals surface area contributed by atoms with Gasteiger partial charge in [-0.2, -0.15) is 0 Å². The van der Waals surface area contributed by atoms with E-state index in [1.165, 1.54) is 38.8 Å². The van der Waals surface area contributed by atoms with Gasteiger partial charge in [0, 0.05) is 23.1 Å². The van der Waals surface area contributed by atoms with Crippen molar-refractivity contribution in [3.05, 3.63) is 0 Å². The normalized spacial score (nSPS) is 28.0. The van der Waals surface area contributed by atoms with Crippen molar-refractivity contribution in [3.8, 4) is 0 Å². The monoisotopic (exact) mass is 174 g/mol. The van der Waals surface area contributed by atoms with Crippen molar-refractivity contribution >= 4 is 0 Å². The van der Waals surface area contributed by atoms with Crippen molar-refractivity contribution in [2.45, 2.75) is 31.7 Å². The SMILES string of the molecule is C1CC2CCCN2C1.[Cu]. The third-order valence-electron chi connectivity index (χ3n) is 2.48. The third kappa shape index (κ3) is 1.31. The van der Waals surface area contributed by atoms with Crippen molar-refractivity contribution < 1.29 is 17.1 Å². The summed E-state index contributed by atoms with van der Waals surface area (Å²) in [6.07, 6.45) is 5.90. The van der Waals surface area contributed by atoms with Crippen molar-refractivity contribution in [1.82, 2.24) is 4.90 Å². The van der Waals surface area contributed by atoms with Gasteiger partial charge in [-0.1, -0.05) is 0 Å². The van der Waals surface area contributed by atoms with E-state index < -0.39 is 0 Å². The molecular weight excluding hydrogens is 162 g/mol. The van der Waals surface area contributed by atoms with Gasteiger partial charge in [0.1, 0.15) is 0 Å². The zero-order valence-corrected chi connectivity index (χ0v) is 6.51. The Kier molecular flexibility index (Phi) is 2.57. The summed E-state index contributed by atoms with van der Waals surface area (Å²) in [5, 5.41) is 0. The molecule has 0 atom stereocenters. The van der Waals surface area contributed by atoms with Gasteiger partial charge in [-0.15, -0.1) is 0 Å². The van der Waals surface area contributed by atoms with E-state index in [1.54, 1.807) is 0 Å². The molecule has 0 unspecified atom stereocenters. The number of rotatable bonds is 0. The van der Waals surface area contributed by atoms with E-state index in [4.69, 9.17) is 0 Å². The Morgan fingerprint density at radius 3 is 2.00 bits per heavy atom. The first kappa shape index (κ1) is 7.58. The summed E-state index contributed by atoms with van der Waals surface area (Å²) in [5.74, 6) is 0. The first-order valence-electron chi connectivity index (χ1n) is 3.71. The summed E-state index contributed by atoms with van der Waals surface area (Å²) in [6.45, 7) is 2.79. The van der Waals surface area contributed by atoms with Crippen LogP contribution in [-0.4, -0.2) is 24.0 Å². The molecule has 2 aliphatic heterocycles. The van der Waals surface area contributed by atoms with Crippen LogP contribution in [0.15, 0.2) is 0 Å². The van der Waals surface area contributed by atoms with Crippen LogP contribution in [0.2, 0.25) is 0 Å². The Balaban J connectivity index is 0.000000405. The van der Waals surface area contributed by atoms with Crippen LogP contribution in [0.25, 0.3) is 0 Å². The summed E-state index contributed by atoms with van der Waals surface area (Å²) in [6, 6.07) is 1.01. The quantitative estimate of drug-likeness (QED) is 0.500. The second kappa shape index (κ2) is 3.05. The van der Waals surface area contributed by atoms with Crippen LogP contribution >= 0.6 is 0 Å². The van der Waals surface area contributed by atoms with E-state index in [1.807, 2.05) is 0 Å². The molecule has 2 saturated heterocycles. The van der Waals surface area contributed by atoms with E-state index in [9.17, 15) is 0 Å². The zero-order chi connectivity index (χ0) is 5.40. The molecule has 2 heterocycles. The summed E-state index contributed by atoms with van der Waals surface area (Å²) in [5.41, 5.74) is 0. The maximum atomic E-state index is 2.64. The number of nitrogens with zero attached hydrogens (tertiary/aromatic N) is 1. The summed E-state index contributed by atoms with van der Waals surface area (Å²) in [7, 11) is 0. The standard InChI is InChI=1S/C7H13N.Cu/c1-3-7-4-2-6-8(7)5-1;/h7H,1-6H2;. The number of hydrogen-bond donors (Lipinski definition) is 0. The van der Waals surface area contributed by atoms with Gasteiger partial charge in [-0.25, -0.2) is 0 Å². The molecular formula is C7H13CuN. The van der Waals surface area contributed by atoms with Gasteiger partial charge < -0.3 is 4.90 Å². The minimum absolute atomic E-state index is 0. The molecule has 0 aromatic rings. The largest absolute Gasteiger partial charge is 0.300 e. The molecule has 1 nitrogen and oxygen atoms in total. The molecule has 0 saturated carbocycles. The van der Waals surface area contributed by atoms with Gasteiger partial charge >= 0.3 is 0 Å². The Labute approximate surface area is 67.3 Å². The zero-order valence-electron chi connectivity index (χ0n) is 5.57. The molecule has 2 heteroatoms. The van der Waals surface area contributed by atoms with Gasteiger partial charge in [-0.05, 0) is 38.8 Å². The van der Waals surface area contributed by atoms with E-state index in [0.717, 1.165) is 6.04 Å². The molecule has 9 heavy (non-hydrogen) atoms. The van der Waals surface area contributed by atoms with E-state index in [-0.39, 0.29) is 17.1 Å². The van der Waals surface area contributed by atoms with Crippen LogP contribution in [-0.2, 0) is 17.1 Å². The van der Waals surface area contributed by atoms with Gasteiger partial charge in [0.05, 0.1) is 0 Å². The smallest absolute Gasteiger partial charge is 0.00962 e. The maximum absolute atomic E-state index is 2.64. The molecule has 2 fully saturated rings. The molecule has 0 aliphatic carbocycles. The summed E-state index contributed by atoms with van der Waals surface area (Å²) >= 11 is 0. The summed E-state index contributed by atoms with van der Waals surface area (Å²) in [4.78, 5) is 2.64. The molecule has 0 N–H and O–H groups in total. The molecule has 0 bridgehead atoms. The second-order valence-electron chi connectivity index (χ2n) is 2.97. The molecule has 0 spiro atoms. The number of fused-ring (bicyclic) bond motifs is 1. The van der Waals surface area contributed by atoms with Gasteiger partial charge in [0.2, 0.25) is 0 Å². The van der Waals surface area contributed by atoms with Crippen LogP contribution in [0.3, 0.4) is 0 Å². The fourth-order valence-corrected chi connectivity index (χ4v) is 2.05. The first-order valence-corrected chi connectivity index (χ1v) is 3.71. The van der Waals surface area contributed by atoms with Crippen LogP contribution < -0.4 is 0 Å². The van der Waals surface area contributed by atoms with E-state index >= 15 is 0 Å². The Bertz CT molecular complexity index is 74.9. The van der Waals surface area contributed by atoms with Crippen molar-refractivity contribution in [1.29, 1.82) is 0 Å². The molecule has 0 aromatic carbocycles. The van der Waals surface area contributed by atoms with Gasteiger partial charge in [-0.3, -0.25) is 0 Å². The average Bonchev–Trinajstić information content (AvgIpc) is 2.15. The maximum Gasteiger partial charge on any atom is 0.00962 e. The third-order valence-corrected chi connectivity index (χ3v) is 2.48. The van der Waals surface area contributed by atoms with Gasteiger partial charge in [0.15, 0.2) is 0 Å². The predicted molar refractivity (Wildman–Crippen MR) is 33.8 cm³/mol. The van der Waals surface area contributed by atoms with Crippen LogP contribution in [0, 0.1) is 0 Å². The van der Waals surface area contributed by atoms with E-state index in [0.29, 0.717) is 0 Å². The first-order chi connectivity index (χ1) is 3.97. The van der Waals surface area contributed by atoms with Crippen molar-refractivity contribution in [3.63, 3.8) is 0 Å². The predicted octanol–water partition coefficient (Wildman–Crippen LogP) is 1.24. The fraction of sp³-hybridized carbons (Fsp3) is 1.00. The van der Waals surface area contributed by atoms with Crippen LogP contribution in [0.4, 0.5) is 0 Å². The summed E-state index contributed by atoms with van der Waals surface area (Å²) < 4.78 is 0. The Morgan fingerprint density at radius 2 is 1.56 bits per heavy atom. The van der Waals surface area contributed by atoms with Crippen LogP contribution in [0.1, 0.15) is 25.7 Å². The fourth-order valence-electron chi connectivity index (χ4n) is 2.05. The van der Waals surface area contributed by atoms with Crippen LogP contribution in [0.5, 0.6) is 0 Å². The molecule has 0 amide bonds. The van der Waals surface area contributed by atoms with Crippen molar-refractivity contribution in [2.24, 2.45) is 0 Å². The molecule has 0 aromatic heterocycles. The van der Waals surface area contributed by atoms with Crippen molar-refractivity contribution in [2.75, 3.05) is 13.1 Å². The molecule has 57 valence electrons. The second-order valence-corrected chi connectivity index (χ2v) is 2.97. The minimum atomic E-state index is 0. The average molecular weight is 175 g/mol. The molecule has 2 rings (SSSR count). The molecule has 2 aliphatic rings. The van der Waals surface area contributed by atoms with E-state index in [2.05, 4.69) is 4.90 Å². The number of hydrogen-bond acceptors (Lipinski definition) is 1. The topological polar surface area (TPSA) is 3.24 Å². The molecule has 1 radical (unpaired) electrons. The Morgan fingerprint density at radius 1 is 1.00 bits per heavy atom. The Hall–Kier alpha value is 0.479. The minimum Gasteiger partial charge on any atom is -0.300 e. The van der Waals surface area contributed by atoms with Gasteiger partial charge in [0.25, 0.3) is 0 Å².